The molecule has 122 valence electrons. The van der Waals surface area contributed by atoms with Crippen molar-refractivity contribution < 1.29 is 8.78 Å². The summed E-state index contributed by atoms with van der Waals surface area (Å²) in [6, 6.07) is 9.72. The van der Waals surface area contributed by atoms with E-state index in [2.05, 4.69) is 10.1 Å². The van der Waals surface area contributed by atoms with E-state index >= 15 is 0 Å². The Morgan fingerprint density at radius 3 is 2.50 bits per heavy atom. The van der Waals surface area contributed by atoms with Crippen LogP contribution in [0.4, 0.5) is 8.78 Å². The molecule has 1 aliphatic rings. The molecule has 3 aromatic rings. The van der Waals surface area contributed by atoms with Crippen LogP contribution in [-0.2, 0) is 12.8 Å². The number of halogens is 2. The molecule has 0 N–H and O–H groups in total. The third-order valence-electron chi connectivity index (χ3n) is 4.29. The van der Waals surface area contributed by atoms with Crippen LogP contribution >= 0.6 is 0 Å². The smallest absolute Gasteiger partial charge is 0.233 e. The second kappa shape index (κ2) is 6.11. The van der Waals surface area contributed by atoms with E-state index in [4.69, 9.17) is 4.98 Å². The lowest BCUT2D eigenvalue weighted by atomic mass is 9.93. The fourth-order valence-electron chi connectivity index (χ4n) is 3.12. The lowest BCUT2D eigenvalue weighted by molar-refractivity contribution is 0.0566. The molecule has 1 aliphatic carbocycles. The molecule has 4 rings (SSSR count). The number of nitrogens with zero attached hydrogens (tertiary/aromatic N) is 4. The van der Waals surface area contributed by atoms with Gasteiger partial charge < -0.3 is 0 Å². The summed E-state index contributed by atoms with van der Waals surface area (Å²) in [4.78, 5) is 9.41. The molecule has 0 saturated heterocycles. The Morgan fingerprint density at radius 2 is 1.75 bits per heavy atom. The molecule has 0 bridgehead atoms. The molecule has 0 fully saturated rings. The second-order valence-electron chi connectivity index (χ2n) is 5.88. The van der Waals surface area contributed by atoms with Crippen molar-refractivity contribution in [3.8, 4) is 22.6 Å². The van der Waals surface area contributed by atoms with Crippen molar-refractivity contribution in [2.45, 2.75) is 32.2 Å². The van der Waals surface area contributed by atoms with Gasteiger partial charge in [0.25, 0.3) is 0 Å². The first-order chi connectivity index (χ1) is 11.7. The average Bonchev–Trinajstić information content (AvgIpc) is 3.12. The van der Waals surface area contributed by atoms with Crippen LogP contribution in [-0.4, -0.2) is 19.7 Å². The Hall–Kier alpha value is -2.63. The standard InChI is InChI=1S/C18H16F2N4/c19-18(20)24-11-13(10-21-24)16-14-8-4-5-9-15(14)22-17(23-16)12-6-2-1-3-7-12/h1-3,6-7,10-11,18H,4-5,8-9H2. The van der Waals surface area contributed by atoms with Crippen molar-refractivity contribution in [3.63, 3.8) is 0 Å². The van der Waals surface area contributed by atoms with Gasteiger partial charge in [-0.15, -0.1) is 0 Å². The van der Waals surface area contributed by atoms with E-state index in [-0.39, 0.29) is 0 Å². The summed E-state index contributed by atoms with van der Waals surface area (Å²) in [7, 11) is 0. The molecule has 2 heterocycles. The topological polar surface area (TPSA) is 43.6 Å². The lowest BCUT2D eigenvalue weighted by Gasteiger charge is -2.18. The molecule has 2 aromatic heterocycles. The minimum Gasteiger partial charge on any atom is -0.233 e. The molecule has 6 heteroatoms. The number of aryl methyl sites for hydroxylation is 1. The Balaban J connectivity index is 1.87. The number of fused-ring (bicyclic) bond motifs is 1. The number of rotatable bonds is 3. The molecule has 0 aliphatic heterocycles. The summed E-state index contributed by atoms with van der Waals surface area (Å²) in [5.74, 6) is 0.635. The zero-order valence-electron chi connectivity index (χ0n) is 13.0. The molecule has 0 saturated carbocycles. The maximum atomic E-state index is 12.8. The zero-order chi connectivity index (χ0) is 16.5. The SMILES string of the molecule is FC(F)n1cc(-c2nc(-c3ccccc3)nc3c2CCCC3)cn1. The van der Waals surface area contributed by atoms with E-state index in [9.17, 15) is 8.78 Å². The number of benzene rings is 1. The Kier molecular flexibility index (Phi) is 3.80. The predicted octanol–water partition coefficient (Wildman–Crippen LogP) is 4.28. The van der Waals surface area contributed by atoms with E-state index in [0.29, 0.717) is 16.1 Å². The van der Waals surface area contributed by atoms with Crippen LogP contribution in [0, 0.1) is 0 Å². The first-order valence-electron chi connectivity index (χ1n) is 8.00. The molecule has 0 spiro atoms. The van der Waals surface area contributed by atoms with E-state index in [1.807, 2.05) is 30.3 Å². The predicted molar refractivity (Wildman–Crippen MR) is 86.6 cm³/mol. The quantitative estimate of drug-likeness (QED) is 0.721. The molecule has 24 heavy (non-hydrogen) atoms. The zero-order valence-corrected chi connectivity index (χ0v) is 13.0. The molecule has 1 aromatic carbocycles. The Morgan fingerprint density at radius 1 is 0.958 bits per heavy atom. The van der Waals surface area contributed by atoms with Gasteiger partial charge in [-0.25, -0.2) is 14.6 Å². The first-order valence-corrected chi connectivity index (χ1v) is 8.00. The highest BCUT2D eigenvalue weighted by Crippen LogP contribution is 2.31. The van der Waals surface area contributed by atoms with Crippen LogP contribution in [0.25, 0.3) is 22.6 Å². The third kappa shape index (κ3) is 2.68. The number of hydrogen-bond donors (Lipinski definition) is 0. The fourth-order valence-corrected chi connectivity index (χ4v) is 3.12. The van der Waals surface area contributed by atoms with Gasteiger partial charge in [-0.1, -0.05) is 30.3 Å². The summed E-state index contributed by atoms with van der Waals surface area (Å²) in [6.07, 6.45) is 6.74. The van der Waals surface area contributed by atoms with Crippen LogP contribution in [0.5, 0.6) is 0 Å². The van der Waals surface area contributed by atoms with Gasteiger partial charge in [0.05, 0.1) is 11.9 Å². The summed E-state index contributed by atoms with van der Waals surface area (Å²) < 4.78 is 26.4. The molecule has 4 nitrogen and oxygen atoms in total. The number of alkyl halides is 2. The van der Waals surface area contributed by atoms with Gasteiger partial charge in [0, 0.05) is 28.6 Å². The largest absolute Gasteiger partial charge is 0.333 e. The average molecular weight is 326 g/mol. The van der Waals surface area contributed by atoms with Crippen LogP contribution in [0.1, 0.15) is 30.6 Å². The van der Waals surface area contributed by atoms with Crippen molar-refractivity contribution in [2.24, 2.45) is 0 Å². The van der Waals surface area contributed by atoms with Crippen molar-refractivity contribution in [3.05, 3.63) is 54.0 Å². The Labute approximate surface area is 138 Å². The summed E-state index contributed by atoms with van der Waals surface area (Å²) >= 11 is 0. The number of hydrogen-bond acceptors (Lipinski definition) is 3. The molecule has 0 atom stereocenters. The van der Waals surface area contributed by atoms with Gasteiger partial charge in [0.15, 0.2) is 5.82 Å². The van der Waals surface area contributed by atoms with Crippen LogP contribution in [0.2, 0.25) is 0 Å². The highest BCUT2D eigenvalue weighted by molar-refractivity contribution is 5.67. The maximum absolute atomic E-state index is 12.8. The monoisotopic (exact) mass is 326 g/mol. The maximum Gasteiger partial charge on any atom is 0.333 e. The normalized spacial score (nSPS) is 14.0. The molecule has 0 radical (unpaired) electrons. The highest BCUT2D eigenvalue weighted by atomic mass is 19.3. The lowest BCUT2D eigenvalue weighted by Crippen LogP contribution is -2.10. The molecule has 0 amide bonds. The minimum absolute atomic E-state index is 0.619. The molecule has 0 unspecified atom stereocenters. The third-order valence-corrected chi connectivity index (χ3v) is 4.29. The van der Waals surface area contributed by atoms with Gasteiger partial charge >= 0.3 is 6.55 Å². The Bertz CT molecular complexity index is 859. The van der Waals surface area contributed by atoms with Crippen LogP contribution in [0.15, 0.2) is 42.7 Å². The van der Waals surface area contributed by atoms with E-state index in [0.717, 1.165) is 48.2 Å². The van der Waals surface area contributed by atoms with Gasteiger partial charge in [-0.2, -0.15) is 13.9 Å². The van der Waals surface area contributed by atoms with E-state index in [1.54, 1.807) is 0 Å². The summed E-state index contributed by atoms with van der Waals surface area (Å²) in [5.41, 5.74) is 4.36. The van der Waals surface area contributed by atoms with Crippen LogP contribution < -0.4 is 0 Å². The molecular weight excluding hydrogens is 310 g/mol. The van der Waals surface area contributed by atoms with Crippen molar-refractivity contribution in [2.75, 3.05) is 0 Å². The first kappa shape index (κ1) is 14.9. The van der Waals surface area contributed by atoms with Crippen LogP contribution in [0.3, 0.4) is 0 Å². The van der Waals surface area contributed by atoms with Gasteiger partial charge in [0.1, 0.15) is 0 Å². The van der Waals surface area contributed by atoms with Gasteiger partial charge in [-0.05, 0) is 25.7 Å². The van der Waals surface area contributed by atoms with E-state index < -0.39 is 6.55 Å². The minimum atomic E-state index is -2.65. The van der Waals surface area contributed by atoms with Crippen molar-refractivity contribution in [1.82, 2.24) is 19.7 Å². The van der Waals surface area contributed by atoms with Gasteiger partial charge in [0.2, 0.25) is 0 Å². The second-order valence-corrected chi connectivity index (χ2v) is 5.88. The molecular formula is C18H16F2N4. The fraction of sp³-hybridized carbons (Fsp3) is 0.278. The van der Waals surface area contributed by atoms with Crippen molar-refractivity contribution >= 4 is 0 Å². The highest BCUT2D eigenvalue weighted by Gasteiger charge is 2.21. The summed E-state index contributed by atoms with van der Waals surface area (Å²) in [5, 5.41) is 3.75. The summed E-state index contributed by atoms with van der Waals surface area (Å²) in [6.45, 7) is -2.65. The van der Waals surface area contributed by atoms with E-state index in [1.165, 1.54) is 12.4 Å². The van der Waals surface area contributed by atoms with Gasteiger partial charge in [-0.3, -0.25) is 0 Å². The van der Waals surface area contributed by atoms with Crippen molar-refractivity contribution in [1.29, 1.82) is 0 Å². The number of aromatic nitrogens is 4.